The molecule has 1 amide bonds. The summed E-state index contributed by atoms with van der Waals surface area (Å²) >= 11 is 1.64. The van der Waals surface area contributed by atoms with Gasteiger partial charge >= 0.3 is 0 Å². The van der Waals surface area contributed by atoms with E-state index in [4.69, 9.17) is 0 Å². The number of fused-ring (bicyclic) bond motifs is 1. The quantitative estimate of drug-likeness (QED) is 0.668. The zero-order valence-electron chi connectivity index (χ0n) is 12.3. The van der Waals surface area contributed by atoms with E-state index in [1.165, 1.54) is 0 Å². The predicted octanol–water partition coefficient (Wildman–Crippen LogP) is 4.44. The number of carbonyl (C=O) groups is 1. The van der Waals surface area contributed by atoms with Gasteiger partial charge in [-0.15, -0.1) is 17.9 Å². The smallest absolute Gasteiger partial charge is 0.258 e. The lowest BCUT2D eigenvalue weighted by Gasteiger charge is -2.21. The molecular weight excluding hydrogens is 292 g/mol. The molecule has 0 atom stereocenters. The van der Waals surface area contributed by atoms with Crippen LogP contribution >= 0.6 is 11.3 Å². The molecule has 0 aliphatic heterocycles. The highest BCUT2D eigenvalue weighted by Crippen LogP contribution is 2.24. The van der Waals surface area contributed by atoms with Crippen LogP contribution in [0.4, 0.5) is 5.69 Å². The summed E-state index contributed by atoms with van der Waals surface area (Å²) in [4.78, 5) is 19.0. The number of rotatable bonds is 4. The maximum absolute atomic E-state index is 12.8. The number of carbonyl (C=O) groups excluding carboxylic acids is 1. The van der Waals surface area contributed by atoms with Crippen LogP contribution in [0.15, 0.2) is 61.2 Å². The molecule has 1 heterocycles. The lowest BCUT2D eigenvalue weighted by atomic mass is 10.1. The normalized spacial score (nSPS) is 10.6. The number of hydrogen-bond acceptors (Lipinski definition) is 3. The highest BCUT2D eigenvalue weighted by Gasteiger charge is 2.17. The Morgan fingerprint density at radius 1 is 1.27 bits per heavy atom. The van der Waals surface area contributed by atoms with Crippen molar-refractivity contribution in [3.05, 3.63) is 71.8 Å². The third kappa shape index (κ3) is 2.78. The summed E-state index contributed by atoms with van der Waals surface area (Å²) < 4.78 is 1.10. The minimum atomic E-state index is -0.0429. The SMILES string of the molecule is C=CCN(C(=O)c1ccc2sc(C)nc2c1)c1ccccc1. The third-order valence-electron chi connectivity index (χ3n) is 3.37. The average Bonchev–Trinajstić information content (AvgIpc) is 2.92. The van der Waals surface area contributed by atoms with Crippen LogP contribution in [0.3, 0.4) is 0 Å². The van der Waals surface area contributed by atoms with Crippen molar-refractivity contribution < 1.29 is 4.79 Å². The molecule has 0 aliphatic rings. The number of nitrogens with zero attached hydrogens (tertiary/aromatic N) is 2. The summed E-state index contributed by atoms with van der Waals surface area (Å²) in [6.45, 7) is 6.19. The molecule has 110 valence electrons. The van der Waals surface area contributed by atoms with Gasteiger partial charge in [0.15, 0.2) is 0 Å². The number of aryl methyl sites for hydroxylation is 1. The first-order chi connectivity index (χ1) is 10.7. The Labute approximate surface area is 133 Å². The van der Waals surface area contributed by atoms with Gasteiger partial charge < -0.3 is 4.90 Å². The number of aromatic nitrogens is 1. The van der Waals surface area contributed by atoms with Crippen LogP contribution in [0.5, 0.6) is 0 Å². The number of benzene rings is 2. The largest absolute Gasteiger partial charge is 0.305 e. The van der Waals surface area contributed by atoms with Crippen molar-refractivity contribution in [1.29, 1.82) is 0 Å². The van der Waals surface area contributed by atoms with Gasteiger partial charge in [-0.2, -0.15) is 0 Å². The van der Waals surface area contributed by atoms with Crippen LogP contribution in [0, 0.1) is 6.92 Å². The van der Waals surface area contributed by atoms with Crippen LogP contribution in [0.2, 0.25) is 0 Å². The lowest BCUT2D eigenvalue weighted by molar-refractivity contribution is 0.0990. The molecule has 4 heteroatoms. The van der Waals surface area contributed by atoms with Gasteiger partial charge in [-0.05, 0) is 37.3 Å². The number of amides is 1. The van der Waals surface area contributed by atoms with E-state index in [1.54, 1.807) is 22.3 Å². The lowest BCUT2D eigenvalue weighted by Crippen LogP contribution is -2.30. The third-order valence-corrected chi connectivity index (χ3v) is 4.32. The van der Waals surface area contributed by atoms with Crippen molar-refractivity contribution in [2.24, 2.45) is 0 Å². The van der Waals surface area contributed by atoms with E-state index < -0.39 is 0 Å². The monoisotopic (exact) mass is 308 g/mol. The maximum atomic E-state index is 12.8. The highest BCUT2D eigenvalue weighted by atomic mass is 32.1. The molecule has 0 fully saturated rings. The molecule has 1 aromatic heterocycles. The average molecular weight is 308 g/mol. The Balaban J connectivity index is 1.99. The standard InChI is InChI=1S/C18H16N2OS/c1-3-11-20(15-7-5-4-6-8-15)18(21)14-9-10-17-16(12-14)19-13(2)22-17/h3-10,12H,1,11H2,2H3. The summed E-state index contributed by atoms with van der Waals surface area (Å²) in [5.74, 6) is -0.0429. The molecule has 3 rings (SSSR count). The molecule has 0 saturated heterocycles. The molecule has 0 spiro atoms. The summed E-state index contributed by atoms with van der Waals surface area (Å²) in [5.41, 5.74) is 2.38. The second-order valence-corrected chi connectivity index (χ2v) is 6.19. The molecule has 0 saturated carbocycles. The Bertz CT molecular complexity index is 823. The molecule has 0 N–H and O–H groups in total. The number of anilines is 1. The Hall–Kier alpha value is -2.46. The van der Waals surface area contributed by atoms with Crippen molar-refractivity contribution in [3.8, 4) is 0 Å². The molecular formula is C18H16N2OS. The maximum Gasteiger partial charge on any atom is 0.258 e. The van der Waals surface area contributed by atoms with Gasteiger partial charge in [0, 0.05) is 17.8 Å². The van der Waals surface area contributed by atoms with Crippen LogP contribution in [-0.4, -0.2) is 17.4 Å². The van der Waals surface area contributed by atoms with E-state index in [2.05, 4.69) is 11.6 Å². The van der Waals surface area contributed by atoms with E-state index in [9.17, 15) is 4.79 Å². The number of thiazole rings is 1. The minimum absolute atomic E-state index is 0.0429. The second-order valence-electron chi connectivity index (χ2n) is 4.96. The molecule has 0 unspecified atom stereocenters. The van der Waals surface area contributed by atoms with E-state index in [0.717, 1.165) is 20.9 Å². The molecule has 2 aromatic carbocycles. The fourth-order valence-corrected chi connectivity index (χ4v) is 3.18. The summed E-state index contributed by atoms with van der Waals surface area (Å²) in [6, 6.07) is 15.3. The topological polar surface area (TPSA) is 33.2 Å². The highest BCUT2D eigenvalue weighted by molar-refractivity contribution is 7.18. The van der Waals surface area contributed by atoms with Crippen LogP contribution in [-0.2, 0) is 0 Å². The Morgan fingerprint density at radius 2 is 2.05 bits per heavy atom. The molecule has 22 heavy (non-hydrogen) atoms. The molecule has 3 nitrogen and oxygen atoms in total. The van der Waals surface area contributed by atoms with Crippen molar-refractivity contribution >= 4 is 33.1 Å². The fraction of sp³-hybridized carbons (Fsp3) is 0.111. The molecule has 0 radical (unpaired) electrons. The van der Waals surface area contributed by atoms with Gasteiger partial charge in [0.2, 0.25) is 0 Å². The van der Waals surface area contributed by atoms with Crippen molar-refractivity contribution in [2.75, 3.05) is 11.4 Å². The van der Waals surface area contributed by atoms with Crippen molar-refractivity contribution in [3.63, 3.8) is 0 Å². The van der Waals surface area contributed by atoms with Gasteiger partial charge in [0.25, 0.3) is 5.91 Å². The van der Waals surface area contributed by atoms with Crippen LogP contribution < -0.4 is 4.90 Å². The zero-order chi connectivity index (χ0) is 15.5. The minimum Gasteiger partial charge on any atom is -0.305 e. The van der Waals surface area contributed by atoms with Crippen LogP contribution in [0.1, 0.15) is 15.4 Å². The van der Waals surface area contributed by atoms with Gasteiger partial charge in [-0.3, -0.25) is 4.79 Å². The number of hydrogen-bond donors (Lipinski definition) is 0. The van der Waals surface area contributed by atoms with Crippen molar-refractivity contribution in [2.45, 2.75) is 6.92 Å². The first-order valence-electron chi connectivity index (χ1n) is 7.04. The molecule has 0 bridgehead atoms. The van der Waals surface area contributed by atoms with E-state index in [1.807, 2.05) is 55.5 Å². The first-order valence-corrected chi connectivity index (χ1v) is 7.85. The molecule has 3 aromatic rings. The molecule has 0 aliphatic carbocycles. The summed E-state index contributed by atoms with van der Waals surface area (Å²) in [6.07, 6.45) is 1.73. The van der Waals surface area contributed by atoms with E-state index in [0.29, 0.717) is 12.1 Å². The van der Waals surface area contributed by atoms with E-state index in [-0.39, 0.29) is 5.91 Å². The Morgan fingerprint density at radius 3 is 2.77 bits per heavy atom. The fourth-order valence-electron chi connectivity index (χ4n) is 2.37. The van der Waals surface area contributed by atoms with Gasteiger partial charge in [-0.1, -0.05) is 24.3 Å². The predicted molar refractivity (Wildman–Crippen MR) is 92.7 cm³/mol. The van der Waals surface area contributed by atoms with Crippen LogP contribution in [0.25, 0.3) is 10.2 Å². The Kier molecular flexibility index (Phi) is 4.02. The van der Waals surface area contributed by atoms with Crippen molar-refractivity contribution in [1.82, 2.24) is 4.98 Å². The number of para-hydroxylation sites is 1. The van der Waals surface area contributed by atoms with Gasteiger partial charge in [0.1, 0.15) is 0 Å². The summed E-state index contributed by atoms with van der Waals surface area (Å²) in [7, 11) is 0. The zero-order valence-corrected chi connectivity index (χ0v) is 13.1. The second kappa shape index (κ2) is 6.12. The van der Waals surface area contributed by atoms with Gasteiger partial charge in [-0.25, -0.2) is 4.98 Å². The van der Waals surface area contributed by atoms with E-state index >= 15 is 0 Å². The first kappa shape index (κ1) is 14.5. The summed E-state index contributed by atoms with van der Waals surface area (Å²) in [5, 5.41) is 1.01. The van der Waals surface area contributed by atoms with Gasteiger partial charge in [0.05, 0.1) is 15.2 Å².